The molecule has 0 saturated carbocycles. The van der Waals surface area contributed by atoms with Gasteiger partial charge in [0.15, 0.2) is 0 Å². The van der Waals surface area contributed by atoms with Crippen LogP contribution in [0.2, 0.25) is 0 Å². The van der Waals surface area contributed by atoms with Gasteiger partial charge in [-0.1, -0.05) is 6.92 Å². The van der Waals surface area contributed by atoms with E-state index < -0.39 is 0 Å². The van der Waals surface area contributed by atoms with Crippen LogP contribution in [-0.4, -0.2) is 19.3 Å². The molecule has 0 aliphatic heterocycles. The Balaban J connectivity index is 2.53. The first kappa shape index (κ1) is 11.2. The number of nitrogens with two attached hydrogens (primary N) is 1. The summed E-state index contributed by atoms with van der Waals surface area (Å²) in [5.74, 6) is 6.39. The van der Waals surface area contributed by atoms with E-state index in [-0.39, 0.29) is 12.1 Å². The number of nitrogens with one attached hydrogen (secondary N) is 1. The zero-order valence-electron chi connectivity index (χ0n) is 8.69. The molecule has 1 rings (SSSR count). The van der Waals surface area contributed by atoms with E-state index in [9.17, 15) is 0 Å². The Hall–Kier alpha value is -0.840. The number of furan rings is 1. The van der Waals surface area contributed by atoms with Gasteiger partial charge in [-0.15, -0.1) is 0 Å². The molecular weight excluding hydrogens is 180 g/mol. The van der Waals surface area contributed by atoms with Gasteiger partial charge in [0.25, 0.3) is 0 Å². The maximum absolute atomic E-state index is 5.47. The number of hydrazine groups is 1. The van der Waals surface area contributed by atoms with Crippen molar-refractivity contribution in [2.75, 3.05) is 7.11 Å². The van der Waals surface area contributed by atoms with Crippen LogP contribution < -0.4 is 11.3 Å². The van der Waals surface area contributed by atoms with Crippen LogP contribution in [0.15, 0.2) is 22.8 Å². The minimum atomic E-state index is 0.0937. The predicted molar refractivity (Wildman–Crippen MR) is 54.6 cm³/mol. The van der Waals surface area contributed by atoms with E-state index >= 15 is 0 Å². The van der Waals surface area contributed by atoms with E-state index in [1.165, 1.54) is 0 Å². The van der Waals surface area contributed by atoms with Crippen molar-refractivity contribution in [3.63, 3.8) is 0 Å². The van der Waals surface area contributed by atoms with Crippen LogP contribution in [0.1, 0.15) is 19.1 Å². The third-order valence-electron chi connectivity index (χ3n) is 2.37. The second kappa shape index (κ2) is 5.80. The Morgan fingerprint density at radius 2 is 2.43 bits per heavy atom. The molecule has 4 nitrogen and oxygen atoms in total. The molecule has 1 aromatic heterocycles. The lowest BCUT2D eigenvalue weighted by Gasteiger charge is -2.23. The molecule has 0 saturated heterocycles. The van der Waals surface area contributed by atoms with Crippen molar-refractivity contribution in [1.29, 1.82) is 0 Å². The van der Waals surface area contributed by atoms with E-state index in [0.29, 0.717) is 0 Å². The maximum atomic E-state index is 5.47. The Labute approximate surface area is 84.4 Å². The number of hydrogen-bond donors (Lipinski definition) is 2. The van der Waals surface area contributed by atoms with Gasteiger partial charge in [-0.2, -0.15) is 0 Å². The van der Waals surface area contributed by atoms with Crippen molar-refractivity contribution in [2.24, 2.45) is 5.84 Å². The summed E-state index contributed by atoms with van der Waals surface area (Å²) in [5.41, 5.74) is 2.76. The number of ether oxygens (including phenoxy) is 1. The fraction of sp³-hybridized carbons (Fsp3) is 0.600. The lowest BCUT2D eigenvalue weighted by Crippen LogP contribution is -2.46. The van der Waals surface area contributed by atoms with Crippen LogP contribution in [0, 0.1) is 0 Å². The largest absolute Gasteiger partial charge is 0.469 e. The third-order valence-corrected chi connectivity index (χ3v) is 2.37. The van der Waals surface area contributed by atoms with E-state index in [2.05, 4.69) is 12.3 Å². The van der Waals surface area contributed by atoms with E-state index in [0.717, 1.165) is 18.6 Å². The molecule has 1 aromatic rings. The van der Waals surface area contributed by atoms with Gasteiger partial charge in [0.05, 0.1) is 18.4 Å². The summed E-state index contributed by atoms with van der Waals surface area (Å²) in [6, 6.07) is 3.90. The van der Waals surface area contributed by atoms with Crippen molar-refractivity contribution in [1.82, 2.24) is 5.43 Å². The molecule has 80 valence electrons. The fourth-order valence-electron chi connectivity index (χ4n) is 1.56. The Bertz CT molecular complexity index is 232. The SMILES string of the molecule is CCC(OC)C(Cc1ccco1)NN. The third kappa shape index (κ3) is 2.83. The van der Waals surface area contributed by atoms with Gasteiger partial charge in [-0.25, -0.2) is 0 Å². The molecule has 0 fully saturated rings. The maximum Gasteiger partial charge on any atom is 0.105 e. The van der Waals surface area contributed by atoms with Crippen LogP contribution in [-0.2, 0) is 11.2 Å². The minimum Gasteiger partial charge on any atom is -0.469 e. The first-order valence-corrected chi connectivity index (χ1v) is 4.83. The summed E-state index contributed by atoms with van der Waals surface area (Å²) in [4.78, 5) is 0. The highest BCUT2D eigenvalue weighted by atomic mass is 16.5. The monoisotopic (exact) mass is 198 g/mol. The first-order valence-electron chi connectivity index (χ1n) is 4.83. The van der Waals surface area contributed by atoms with Crippen LogP contribution in [0.3, 0.4) is 0 Å². The molecule has 0 amide bonds. The summed E-state index contributed by atoms with van der Waals surface area (Å²) in [7, 11) is 1.70. The summed E-state index contributed by atoms with van der Waals surface area (Å²) in [6.07, 6.45) is 3.45. The van der Waals surface area contributed by atoms with Crippen LogP contribution in [0.4, 0.5) is 0 Å². The summed E-state index contributed by atoms with van der Waals surface area (Å²) >= 11 is 0. The predicted octanol–water partition coefficient (Wildman–Crippen LogP) is 1.08. The molecule has 0 radical (unpaired) electrons. The molecule has 0 aliphatic carbocycles. The highest BCUT2D eigenvalue weighted by Crippen LogP contribution is 2.10. The van der Waals surface area contributed by atoms with Gasteiger partial charge in [0.1, 0.15) is 5.76 Å². The van der Waals surface area contributed by atoms with Gasteiger partial charge in [-0.3, -0.25) is 11.3 Å². The van der Waals surface area contributed by atoms with Gasteiger partial charge in [-0.05, 0) is 18.6 Å². The fourth-order valence-corrected chi connectivity index (χ4v) is 1.56. The second-order valence-electron chi connectivity index (χ2n) is 3.24. The molecule has 2 atom stereocenters. The minimum absolute atomic E-state index is 0.0937. The normalized spacial score (nSPS) is 15.4. The highest BCUT2D eigenvalue weighted by molar-refractivity contribution is 5.01. The molecule has 0 spiro atoms. The number of methoxy groups -OCH3 is 1. The first-order chi connectivity index (χ1) is 6.81. The molecule has 2 unspecified atom stereocenters. The Morgan fingerprint density at radius 3 is 2.86 bits per heavy atom. The molecule has 0 bridgehead atoms. The summed E-state index contributed by atoms with van der Waals surface area (Å²) in [5, 5.41) is 0. The van der Waals surface area contributed by atoms with E-state index in [1.807, 2.05) is 12.1 Å². The van der Waals surface area contributed by atoms with E-state index in [4.69, 9.17) is 15.0 Å². The topological polar surface area (TPSA) is 60.4 Å². The van der Waals surface area contributed by atoms with Gasteiger partial charge < -0.3 is 9.15 Å². The van der Waals surface area contributed by atoms with Gasteiger partial charge in [0.2, 0.25) is 0 Å². The molecule has 14 heavy (non-hydrogen) atoms. The molecule has 0 aromatic carbocycles. The van der Waals surface area contributed by atoms with Crippen LogP contribution >= 0.6 is 0 Å². The van der Waals surface area contributed by atoms with E-state index in [1.54, 1.807) is 13.4 Å². The molecule has 1 heterocycles. The van der Waals surface area contributed by atoms with Crippen molar-refractivity contribution in [3.8, 4) is 0 Å². The average Bonchev–Trinajstić information content (AvgIpc) is 2.70. The number of rotatable bonds is 6. The lowest BCUT2D eigenvalue weighted by atomic mass is 10.0. The quantitative estimate of drug-likeness (QED) is 0.530. The number of hydrogen-bond acceptors (Lipinski definition) is 4. The highest BCUT2D eigenvalue weighted by Gasteiger charge is 2.19. The van der Waals surface area contributed by atoms with Crippen molar-refractivity contribution >= 4 is 0 Å². The summed E-state index contributed by atoms with van der Waals surface area (Å²) in [6.45, 7) is 2.07. The standard InChI is InChI=1S/C10H18N2O2/c1-3-10(13-2)9(12-11)7-8-5-4-6-14-8/h4-6,9-10,12H,3,7,11H2,1-2H3. The molecule has 4 heteroatoms. The zero-order valence-corrected chi connectivity index (χ0v) is 8.69. The molecule has 3 N–H and O–H groups in total. The van der Waals surface area contributed by atoms with Crippen molar-refractivity contribution in [2.45, 2.75) is 31.9 Å². The molecular formula is C10H18N2O2. The van der Waals surface area contributed by atoms with Crippen LogP contribution in [0.5, 0.6) is 0 Å². The van der Waals surface area contributed by atoms with Gasteiger partial charge >= 0.3 is 0 Å². The lowest BCUT2D eigenvalue weighted by molar-refractivity contribution is 0.0637. The summed E-state index contributed by atoms with van der Waals surface area (Å²) < 4.78 is 10.6. The van der Waals surface area contributed by atoms with Crippen LogP contribution in [0.25, 0.3) is 0 Å². The molecule has 0 aliphatic rings. The van der Waals surface area contributed by atoms with Gasteiger partial charge in [0, 0.05) is 13.5 Å². The average molecular weight is 198 g/mol. The second-order valence-corrected chi connectivity index (χ2v) is 3.24. The smallest absolute Gasteiger partial charge is 0.105 e. The van der Waals surface area contributed by atoms with Crippen molar-refractivity contribution < 1.29 is 9.15 Å². The Morgan fingerprint density at radius 1 is 1.64 bits per heavy atom. The van der Waals surface area contributed by atoms with Crippen molar-refractivity contribution in [3.05, 3.63) is 24.2 Å². The Kier molecular flexibility index (Phi) is 4.65. The zero-order chi connectivity index (χ0) is 10.4.